The van der Waals surface area contributed by atoms with Gasteiger partial charge in [0.1, 0.15) is 0 Å². The predicted molar refractivity (Wildman–Crippen MR) is 107 cm³/mol. The van der Waals surface area contributed by atoms with Crippen molar-refractivity contribution in [2.24, 2.45) is 11.7 Å². The Labute approximate surface area is 167 Å². The molecule has 1 spiro atoms. The molecule has 2 fully saturated rings. The summed E-state index contributed by atoms with van der Waals surface area (Å²) in [6.45, 7) is 2.17. The lowest BCUT2D eigenvalue weighted by atomic mass is 9.78. The van der Waals surface area contributed by atoms with Gasteiger partial charge in [0.15, 0.2) is 11.5 Å². The maximum absolute atomic E-state index is 13.0. The summed E-state index contributed by atoms with van der Waals surface area (Å²) in [6, 6.07) is 4.33. The number of likely N-dealkylation sites (tertiary alicyclic amines) is 1. The van der Waals surface area contributed by atoms with Crippen molar-refractivity contribution < 1.29 is 19.0 Å². The minimum absolute atomic E-state index is 0.0988. The van der Waals surface area contributed by atoms with Crippen LogP contribution < -0.4 is 15.2 Å². The molecular formula is C22H32N2O4. The topological polar surface area (TPSA) is 74.0 Å². The number of hydrogen-bond acceptors (Lipinski definition) is 5. The Bertz CT molecular complexity index is 727. The van der Waals surface area contributed by atoms with Gasteiger partial charge in [0.25, 0.3) is 0 Å². The lowest BCUT2D eigenvalue weighted by Crippen LogP contribution is -2.50. The molecule has 28 heavy (non-hydrogen) atoms. The monoisotopic (exact) mass is 388 g/mol. The Morgan fingerprint density at radius 1 is 1.18 bits per heavy atom. The molecule has 2 heterocycles. The molecule has 2 aliphatic heterocycles. The summed E-state index contributed by atoms with van der Waals surface area (Å²) in [5.41, 5.74) is 8.23. The molecule has 2 atom stereocenters. The number of amides is 1. The van der Waals surface area contributed by atoms with Crippen LogP contribution in [0.15, 0.2) is 12.1 Å². The zero-order valence-corrected chi connectivity index (χ0v) is 17.0. The van der Waals surface area contributed by atoms with Crippen LogP contribution in [0.4, 0.5) is 0 Å². The van der Waals surface area contributed by atoms with Crippen molar-refractivity contribution in [2.75, 3.05) is 33.9 Å². The summed E-state index contributed by atoms with van der Waals surface area (Å²) in [7, 11) is 3.33. The molecule has 1 aliphatic carbocycles. The number of piperidine rings is 1. The molecule has 1 aromatic rings. The number of ether oxygens (including phenoxy) is 3. The van der Waals surface area contributed by atoms with Gasteiger partial charge in [-0.05, 0) is 61.8 Å². The highest BCUT2D eigenvalue weighted by Crippen LogP contribution is 2.45. The number of nitrogens with zero attached hydrogens (tertiary/aromatic N) is 1. The molecule has 3 aliphatic rings. The lowest BCUT2D eigenvalue weighted by molar-refractivity contribution is -0.145. The van der Waals surface area contributed by atoms with Gasteiger partial charge in [-0.2, -0.15) is 0 Å². The summed E-state index contributed by atoms with van der Waals surface area (Å²) < 4.78 is 17.3. The van der Waals surface area contributed by atoms with Crippen molar-refractivity contribution in [1.82, 2.24) is 4.90 Å². The normalized spacial score (nSPS) is 26.6. The van der Waals surface area contributed by atoms with Crippen LogP contribution in [0.25, 0.3) is 0 Å². The van der Waals surface area contributed by atoms with Gasteiger partial charge in [0.05, 0.1) is 26.4 Å². The van der Waals surface area contributed by atoms with Crippen LogP contribution in [0.5, 0.6) is 11.5 Å². The third-order valence-electron chi connectivity index (χ3n) is 6.80. The van der Waals surface area contributed by atoms with E-state index in [4.69, 9.17) is 19.9 Å². The maximum Gasteiger partial charge on any atom is 0.225 e. The third kappa shape index (κ3) is 3.48. The molecule has 154 valence electrons. The van der Waals surface area contributed by atoms with Crippen LogP contribution >= 0.6 is 0 Å². The molecular weight excluding hydrogens is 356 g/mol. The van der Waals surface area contributed by atoms with Crippen LogP contribution in [0.1, 0.15) is 49.7 Å². The van der Waals surface area contributed by atoms with E-state index in [1.54, 1.807) is 14.2 Å². The molecule has 6 nitrogen and oxygen atoms in total. The van der Waals surface area contributed by atoms with Gasteiger partial charge in [-0.25, -0.2) is 0 Å². The molecule has 1 saturated heterocycles. The fourth-order valence-electron chi connectivity index (χ4n) is 5.20. The second-order valence-electron chi connectivity index (χ2n) is 8.41. The number of fused-ring (bicyclic) bond motifs is 2. The van der Waals surface area contributed by atoms with Gasteiger partial charge < -0.3 is 24.8 Å². The van der Waals surface area contributed by atoms with E-state index < -0.39 is 0 Å². The number of methoxy groups -OCH3 is 2. The smallest absolute Gasteiger partial charge is 0.225 e. The zero-order chi connectivity index (χ0) is 19.7. The quantitative estimate of drug-likeness (QED) is 0.862. The fraction of sp³-hybridized carbons (Fsp3) is 0.682. The Morgan fingerprint density at radius 2 is 1.89 bits per heavy atom. The van der Waals surface area contributed by atoms with Crippen molar-refractivity contribution in [3.05, 3.63) is 23.3 Å². The molecule has 6 heteroatoms. The maximum atomic E-state index is 13.0. The first-order valence-electron chi connectivity index (χ1n) is 10.5. The largest absolute Gasteiger partial charge is 0.493 e. The standard InChI is InChI=1S/C22H32N2O4/c1-26-19-13-15-6-11-28-22(18(15)14-20(19)27-2)7-9-24(10-8-22)21(25)16-4-3-5-17(23)12-16/h13-14,16-17H,3-12,23H2,1-2H3/t16-,17+/m1/s1. The summed E-state index contributed by atoms with van der Waals surface area (Å²) in [6.07, 6.45) is 6.43. The van der Waals surface area contributed by atoms with Gasteiger partial charge in [-0.1, -0.05) is 6.42 Å². The van der Waals surface area contributed by atoms with E-state index in [-0.39, 0.29) is 23.5 Å². The molecule has 1 amide bonds. The highest BCUT2D eigenvalue weighted by molar-refractivity contribution is 5.79. The number of benzene rings is 1. The van der Waals surface area contributed by atoms with Crippen molar-refractivity contribution in [3.8, 4) is 11.5 Å². The number of nitrogens with two attached hydrogens (primary N) is 1. The Kier molecular flexibility index (Phi) is 5.52. The predicted octanol–water partition coefficient (Wildman–Crippen LogP) is 2.61. The summed E-state index contributed by atoms with van der Waals surface area (Å²) in [4.78, 5) is 15.0. The van der Waals surface area contributed by atoms with Gasteiger partial charge in [0, 0.05) is 25.0 Å². The van der Waals surface area contributed by atoms with E-state index >= 15 is 0 Å². The van der Waals surface area contributed by atoms with E-state index in [9.17, 15) is 4.79 Å². The molecule has 0 radical (unpaired) electrons. The van der Waals surface area contributed by atoms with Gasteiger partial charge in [0.2, 0.25) is 5.91 Å². The molecule has 2 N–H and O–H groups in total. The van der Waals surface area contributed by atoms with E-state index in [2.05, 4.69) is 12.1 Å². The number of carbonyl (C=O) groups is 1. The summed E-state index contributed by atoms with van der Waals surface area (Å²) in [5, 5.41) is 0. The molecule has 1 saturated carbocycles. The number of rotatable bonds is 3. The lowest BCUT2D eigenvalue weighted by Gasteiger charge is -2.46. The van der Waals surface area contributed by atoms with E-state index in [1.165, 1.54) is 11.1 Å². The van der Waals surface area contributed by atoms with Crippen LogP contribution in [0.2, 0.25) is 0 Å². The van der Waals surface area contributed by atoms with Crippen molar-refractivity contribution in [2.45, 2.75) is 56.6 Å². The van der Waals surface area contributed by atoms with Crippen molar-refractivity contribution in [1.29, 1.82) is 0 Å². The van der Waals surface area contributed by atoms with Gasteiger partial charge in [-0.3, -0.25) is 4.79 Å². The SMILES string of the molecule is COc1cc2c(cc1OC)C1(CCN(C(=O)[C@@H]3CCC[C@H](N)C3)CC1)OCC2. The molecule has 0 unspecified atom stereocenters. The first-order valence-corrected chi connectivity index (χ1v) is 10.5. The highest BCUT2D eigenvalue weighted by Gasteiger charge is 2.43. The summed E-state index contributed by atoms with van der Waals surface area (Å²) >= 11 is 0. The Hall–Kier alpha value is -1.79. The van der Waals surface area contributed by atoms with E-state index in [0.29, 0.717) is 6.61 Å². The Balaban J connectivity index is 1.51. The summed E-state index contributed by atoms with van der Waals surface area (Å²) in [5.74, 6) is 1.88. The van der Waals surface area contributed by atoms with Gasteiger partial charge in [-0.15, -0.1) is 0 Å². The minimum atomic E-state index is -0.327. The van der Waals surface area contributed by atoms with Crippen molar-refractivity contribution in [3.63, 3.8) is 0 Å². The number of carbonyl (C=O) groups excluding carboxylic acids is 1. The zero-order valence-electron chi connectivity index (χ0n) is 17.0. The fourth-order valence-corrected chi connectivity index (χ4v) is 5.20. The highest BCUT2D eigenvalue weighted by atomic mass is 16.5. The van der Waals surface area contributed by atoms with Crippen LogP contribution in [-0.2, 0) is 21.6 Å². The average Bonchev–Trinajstić information content (AvgIpc) is 2.73. The second kappa shape index (κ2) is 7.91. The third-order valence-corrected chi connectivity index (χ3v) is 6.80. The molecule has 0 bridgehead atoms. The minimum Gasteiger partial charge on any atom is -0.493 e. The molecule has 1 aromatic carbocycles. The average molecular weight is 389 g/mol. The molecule has 4 rings (SSSR count). The number of hydrogen-bond donors (Lipinski definition) is 1. The van der Waals surface area contributed by atoms with Gasteiger partial charge >= 0.3 is 0 Å². The van der Waals surface area contributed by atoms with E-state index in [0.717, 1.165) is 69.5 Å². The first-order chi connectivity index (χ1) is 13.6. The van der Waals surface area contributed by atoms with E-state index in [1.807, 2.05) is 4.90 Å². The Morgan fingerprint density at radius 3 is 2.57 bits per heavy atom. The van der Waals surface area contributed by atoms with Crippen molar-refractivity contribution >= 4 is 5.91 Å². The second-order valence-corrected chi connectivity index (χ2v) is 8.41. The van der Waals surface area contributed by atoms with Crippen LogP contribution in [-0.4, -0.2) is 50.8 Å². The molecule has 0 aromatic heterocycles. The first kappa shape index (κ1) is 19.5. The van der Waals surface area contributed by atoms with Crippen LogP contribution in [0, 0.1) is 5.92 Å². The van der Waals surface area contributed by atoms with Crippen LogP contribution in [0.3, 0.4) is 0 Å².